The summed E-state index contributed by atoms with van der Waals surface area (Å²) in [5, 5.41) is 0.555. The van der Waals surface area contributed by atoms with Crippen LogP contribution in [-0.2, 0) is 6.54 Å². The Bertz CT molecular complexity index is 326. The molecule has 1 heterocycles. The number of halogens is 1. The van der Waals surface area contributed by atoms with E-state index in [2.05, 4.69) is 4.98 Å². The lowest BCUT2D eigenvalue weighted by molar-refractivity contribution is 0.115. The van der Waals surface area contributed by atoms with Crippen molar-refractivity contribution in [1.82, 2.24) is 4.98 Å². The molecule has 1 aromatic heterocycles. The van der Waals surface area contributed by atoms with Crippen LogP contribution in [0.1, 0.15) is 24.8 Å². The van der Waals surface area contributed by atoms with Crippen LogP contribution in [0.3, 0.4) is 0 Å². The van der Waals surface area contributed by atoms with Crippen molar-refractivity contribution in [3.63, 3.8) is 0 Å². The SMILES string of the molecule is NCc1cnc(OC2CCC2)c(Cl)c1. The van der Waals surface area contributed by atoms with Gasteiger partial charge in [0.15, 0.2) is 0 Å². The van der Waals surface area contributed by atoms with Crippen LogP contribution in [0.5, 0.6) is 5.88 Å². The second-order valence-corrected chi connectivity index (χ2v) is 3.91. The summed E-state index contributed by atoms with van der Waals surface area (Å²) in [6.45, 7) is 0.455. The van der Waals surface area contributed by atoms with Crippen LogP contribution in [0.15, 0.2) is 12.3 Å². The molecule has 1 aliphatic carbocycles. The Balaban J connectivity index is 2.09. The van der Waals surface area contributed by atoms with Gasteiger partial charge in [-0.25, -0.2) is 4.98 Å². The van der Waals surface area contributed by atoms with E-state index in [1.54, 1.807) is 6.20 Å². The van der Waals surface area contributed by atoms with Gasteiger partial charge in [-0.05, 0) is 30.9 Å². The highest BCUT2D eigenvalue weighted by Gasteiger charge is 2.20. The van der Waals surface area contributed by atoms with Crippen molar-refractivity contribution in [3.8, 4) is 5.88 Å². The van der Waals surface area contributed by atoms with Gasteiger partial charge in [0, 0.05) is 12.7 Å². The van der Waals surface area contributed by atoms with Gasteiger partial charge in [-0.1, -0.05) is 11.6 Å². The topological polar surface area (TPSA) is 48.1 Å². The number of pyridine rings is 1. The highest BCUT2D eigenvalue weighted by atomic mass is 35.5. The molecule has 0 unspecified atom stereocenters. The molecule has 0 atom stereocenters. The lowest BCUT2D eigenvalue weighted by atomic mass is 9.96. The molecular formula is C10H13ClN2O. The molecule has 1 aromatic rings. The number of rotatable bonds is 3. The zero-order valence-electron chi connectivity index (χ0n) is 7.87. The maximum Gasteiger partial charge on any atom is 0.232 e. The molecule has 0 amide bonds. The molecule has 1 fully saturated rings. The second kappa shape index (κ2) is 4.15. The first kappa shape index (κ1) is 9.74. The minimum absolute atomic E-state index is 0.309. The molecule has 0 aromatic carbocycles. The first-order valence-electron chi connectivity index (χ1n) is 4.80. The van der Waals surface area contributed by atoms with Gasteiger partial charge >= 0.3 is 0 Å². The summed E-state index contributed by atoms with van der Waals surface area (Å²) in [5.74, 6) is 0.536. The molecule has 0 spiro atoms. The van der Waals surface area contributed by atoms with Crippen molar-refractivity contribution in [2.24, 2.45) is 5.73 Å². The molecule has 3 nitrogen and oxygen atoms in total. The Morgan fingerprint density at radius 1 is 1.57 bits per heavy atom. The minimum atomic E-state index is 0.309. The molecule has 2 N–H and O–H groups in total. The van der Waals surface area contributed by atoms with Crippen LogP contribution in [0.2, 0.25) is 5.02 Å². The van der Waals surface area contributed by atoms with E-state index in [1.165, 1.54) is 6.42 Å². The van der Waals surface area contributed by atoms with Crippen LogP contribution in [0.25, 0.3) is 0 Å². The maximum atomic E-state index is 5.99. The molecule has 0 saturated heterocycles. The van der Waals surface area contributed by atoms with E-state index in [9.17, 15) is 0 Å². The standard InChI is InChI=1S/C10H13ClN2O/c11-9-4-7(5-12)6-13-10(9)14-8-2-1-3-8/h4,6,8H,1-3,5,12H2. The fourth-order valence-electron chi connectivity index (χ4n) is 1.31. The van der Waals surface area contributed by atoms with Crippen LogP contribution in [-0.4, -0.2) is 11.1 Å². The first-order valence-corrected chi connectivity index (χ1v) is 5.18. The van der Waals surface area contributed by atoms with Crippen molar-refractivity contribution in [1.29, 1.82) is 0 Å². The van der Waals surface area contributed by atoms with Crippen LogP contribution in [0.4, 0.5) is 0 Å². The summed E-state index contributed by atoms with van der Waals surface area (Å²) in [6.07, 6.45) is 5.47. The Hall–Kier alpha value is -0.800. The molecule has 2 rings (SSSR count). The van der Waals surface area contributed by atoms with Gasteiger partial charge in [0.05, 0.1) is 0 Å². The number of nitrogens with two attached hydrogens (primary N) is 1. The van der Waals surface area contributed by atoms with E-state index >= 15 is 0 Å². The van der Waals surface area contributed by atoms with Crippen LogP contribution in [0, 0.1) is 0 Å². The van der Waals surface area contributed by atoms with Crippen molar-refractivity contribution < 1.29 is 4.74 Å². The molecule has 0 bridgehead atoms. The van der Waals surface area contributed by atoms with Crippen molar-refractivity contribution >= 4 is 11.6 Å². The molecule has 0 radical (unpaired) electrons. The third-order valence-corrected chi connectivity index (χ3v) is 2.70. The molecule has 4 heteroatoms. The van der Waals surface area contributed by atoms with Crippen LogP contribution >= 0.6 is 11.6 Å². The number of nitrogens with zero attached hydrogens (tertiary/aromatic N) is 1. The normalized spacial score (nSPS) is 16.4. The number of ether oxygens (including phenoxy) is 1. The lowest BCUT2D eigenvalue weighted by Gasteiger charge is -2.26. The van der Waals surface area contributed by atoms with Crippen LogP contribution < -0.4 is 10.5 Å². The van der Waals surface area contributed by atoms with Gasteiger partial charge in [-0.15, -0.1) is 0 Å². The van der Waals surface area contributed by atoms with E-state index in [4.69, 9.17) is 22.1 Å². The maximum absolute atomic E-state index is 5.99. The zero-order valence-corrected chi connectivity index (χ0v) is 8.63. The highest BCUT2D eigenvalue weighted by molar-refractivity contribution is 6.31. The van der Waals surface area contributed by atoms with E-state index in [-0.39, 0.29) is 0 Å². The average molecular weight is 213 g/mol. The quantitative estimate of drug-likeness (QED) is 0.835. The minimum Gasteiger partial charge on any atom is -0.473 e. The predicted molar refractivity (Wildman–Crippen MR) is 55.4 cm³/mol. The fourth-order valence-corrected chi connectivity index (χ4v) is 1.54. The third-order valence-electron chi connectivity index (χ3n) is 2.43. The number of aromatic nitrogens is 1. The van der Waals surface area contributed by atoms with Gasteiger partial charge < -0.3 is 10.5 Å². The Labute approximate surface area is 88.2 Å². The Morgan fingerprint density at radius 2 is 2.36 bits per heavy atom. The van der Waals surface area contributed by atoms with Gasteiger partial charge in [-0.2, -0.15) is 0 Å². The van der Waals surface area contributed by atoms with Crippen molar-refractivity contribution in [2.45, 2.75) is 31.9 Å². The van der Waals surface area contributed by atoms with Crippen molar-refractivity contribution in [2.75, 3.05) is 0 Å². The molecule has 1 saturated carbocycles. The summed E-state index contributed by atoms with van der Waals surface area (Å²) >= 11 is 5.99. The van der Waals surface area contributed by atoms with E-state index < -0.39 is 0 Å². The van der Waals surface area contributed by atoms with E-state index in [0.29, 0.717) is 23.6 Å². The number of hydrogen-bond donors (Lipinski definition) is 1. The van der Waals surface area contributed by atoms with Crippen molar-refractivity contribution in [3.05, 3.63) is 22.8 Å². The molecule has 14 heavy (non-hydrogen) atoms. The van der Waals surface area contributed by atoms with Gasteiger partial charge in [0.2, 0.25) is 5.88 Å². The third kappa shape index (κ3) is 1.99. The average Bonchev–Trinajstić information content (AvgIpc) is 2.13. The fraction of sp³-hybridized carbons (Fsp3) is 0.500. The molecule has 76 valence electrons. The van der Waals surface area contributed by atoms with Gasteiger partial charge in [0.1, 0.15) is 11.1 Å². The van der Waals surface area contributed by atoms with Gasteiger partial charge in [-0.3, -0.25) is 0 Å². The Kier molecular flexibility index (Phi) is 2.89. The van der Waals surface area contributed by atoms with Gasteiger partial charge in [0.25, 0.3) is 0 Å². The summed E-state index contributed by atoms with van der Waals surface area (Å²) in [4.78, 5) is 4.14. The monoisotopic (exact) mass is 212 g/mol. The largest absolute Gasteiger partial charge is 0.473 e. The second-order valence-electron chi connectivity index (χ2n) is 3.51. The molecule has 1 aliphatic rings. The summed E-state index contributed by atoms with van der Waals surface area (Å²) in [6, 6.07) is 1.81. The molecule has 0 aliphatic heterocycles. The smallest absolute Gasteiger partial charge is 0.232 e. The Morgan fingerprint density at radius 3 is 2.86 bits per heavy atom. The number of hydrogen-bond acceptors (Lipinski definition) is 3. The van der Waals surface area contributed by atoms with E-state index in [0.717, 1.165) is 18.4 Å². The first-order chi connectivity index (χ1) is 6.79. The summed E-state index contributed by atoms with van der Waals surface area (Å²) in [5.41, 5.74) is 6.39. The lowest BCUT2D eigenvalue weighted by Crippen LogP contribution is -2.25. The zero-order chi connectivity index (χ0) is 9.97. The summed E-state index contributed by atoms with van der Waals surface area (Å²) in [7, 11) is 0. The molecular weight excluding hydrogens is 200 g/mol. The highest BCUT2D eigenvalue weighted by Crippen LogP contribution is 2.28. The summed E-state index contributed by atoms with van der Waals surface area (Å²) < 4.78 is 5.60. The van der Waals surface area contributed by atoms with E-state index in [1.807, 2.05) is 6.07 Å². The predicted octanol–water partition coefficient (Wildman–Crippen LogP) is 2.12.